The summed E-state index contributed by atoms with van der Waals surface area (Å²) in [5, 5.41) is 0. The van der Waals surface area contributed by atoms with Gasteiger partial charge in [-0.15, -0.1) is 0 Å². The fourth-order valence-corrected chi connectivity index (χ4v) is 4.00. The minimum absolute atomic E-state index is 0.0770. The molecule has 0 radical (unpaired) electrons. The summed E-state index contributed by atoms with van der Waals surface area (Å²) >= 11 is 0. The zero-order chi connectivity index (χ0) is 14.2. The summed E-state index contributed by atoms with van der Waals surface area (Å²) in [5.41, 5.74) is 5.53. The van der Waals surface area contributed by atoms with E-state index >= 15 is 0 Å². The summed E-state index contributed by atoms with van der Waals surface area (Å²) in [4.78, 5) is -0.448. The summed E-state index contributed by atoms with van der Waals surface area (Å²) in [6.45, 7) is 3.95. The molecular formula is C12H17FN2O3S. The first-order valence-electron chi connectivity index (χ1n) is 6.02. The number of rotatable bonds is 2. The minimum atomic E-state index is -3.94. The minimum Gasteiger partial charge on any atom is -0.398 e. The predicted octanol–water partition coefficient (Wildman–Crippen LogP) is 1.21. The van der Waals surface area contributed by atoms with Crippen LogP contribution in [-0.2, 0) is 14.8 Å². The molecule has 1 aliphatic rings. The van der Waals surface area contributed by atoms with Gasteiger partial charge in [0.25, 0.3) is 0 Å². The number of sulfonamides is 1. The van der Waals surface area contributed by atoms with Crippen LogP contribution in [0.1, 0.15) is 13.8 Å². The topological polar surface area (TPSA) is 72.6 Å². The van der Waals surface area contributed by atoms with Crippen molar-refractivity contribution in [2.24, 2.45) is 0 Å². The molecule has 2 rings (SSSR count). The molecule has 1 aromatic carbocycles. The van der Waals surface area contributed by atoms with Crippen molar-refractivity contribution in [3.63, 3.8) is 0 Å². The van der Waals surface area contributed by atoms with Crippen molar-refractivity contribution in [1.82, 2.24) is 4.31 Å². The lowest BCUT2D eigenvalue weighted by atomic mass is 10.3. The number of nitrogen functional groups attached to an aromatic ring is 1. The molecule has 0 amide bonds. The van der Waals surface area contributed by atoms with E-state index in [-0.39, 0.29) is 31.0 Å². The van der Waals surface area contributed by atoms with Crippen LogP contribution in [0.2, 0.25) is 0 Å². The summed E-state index contributed by atoms with van der Waals surface area (Å²) in [6, 6.07) is 3.86. The number of morpholine rings is 1. The molecule has 7 heteroatoms. The van der Waals surface area contributed by atoms with E-state index in [0.29, 0.717) is 0 Å². The summed E-state index contributed by atoms with van der Waals surface area (Å²) in [5.74, 6) is -0.827. The Balaban J connectivity index is 2.42. The molecule has 19 heavy (non-hydrogen) atoms. The number of halogens is 1. The van der Waals surface area contributed by atoms with Crippen LogP contribution >= 0.6 is 0 Å². The van der Waals surface area contributed by atoms with Gasteiger partial charge in [0.05, 0.1) is 17.9 Å². The highest BCUT2D eigenvalue weighted by atomic mass is 32.2. The number of hydrogen-bond acceptors (Lipinski definition) is 4. The Morgan fingerprint density at radius 1 is 1.32 bits per heavy atom. The van der Waals surface area contributed by atoms with Gasteiger partial charge in [-0.1, -0.05) is 6.07 Å². The number of benzene rings is 1. The van der Waals surface area contributed by atoms with E-state index in [2.05, 4.69) is 0 Å². The SMILES string of the molecule is C[C@@H]1CN(S(=O)(=O)c2c(N)cccc2F)C[C@H](C)O1. The molecule has 2 N–H and O–H groups in total. The lowest BCUT2D eigenvalue weighted by Crippen LogP contribution is -2.48. The molecule has 0 spiro atoms. The van der Waals surface area contributed by atoms with E-state index in [9.17, 15) is 12.8 Å². The van der Waals surface area contributed by atoms with Gasteiger partial charge >= 0.3 is 0 Å². The van der Waals surface area contributed by atoms with Gasteiger partial charge < -0.3 is 10.5 Å². The van der Waals surface area contributed by atoms with Gasteiger partial charge in [0.15, 0.2) is 0 Å². The van der Waals surface area contributed by atoms with Crippen molar-refractivity contribution in [2.45, 2.75) is 31.0 Å². The van der Waals surface area contributed by atoms with Crippen molar-refractivity contribution in [1.29, 1.82) is 0 Å². The zero-order valence-corrected chi connectivity index (χ0v) is 11.7. The Morgan fingerprint density at radius 2 is 1.89 bits per heavy atom. The highest BCUT2D eigenvalue weighted by Gasteiger charge is 2.34. The van der Waals surface area contributed by atoms with E-state index in [1.165, 1.54) is 16.4 Å². The van der Waals surface area contributed by atoms with Crippen molar-refractivity contribution < 1.29 is 17.5 Å². The van der Waals surface area contributed by atoms with Gasteiger partial charge in [-0.05, 0) is 26.0 Å². The molecule has 106 valence electrons. The quantitative estimate of drug-likeness (QED) is 0.830. The van der Waals surface area contributed by atoms with Crippen LogP contribution in [0.15, 0.2) is 23.1 Å². The van der Waals surface area contributed by atoms with E-state index < -0.39 is 20.7 Å². The smallest absolute Gasteiger partial charge is 0.248 e. The van der Waals surface area contributed by atoms with Crippen molar-refractivity contribution in [3.05, 3.63) is 24.0 Å². The predicted molar refractivity (Wildman–Crippen MR) is 69.6 cm³/mol. The van der Waals surface area contributed by atoms with Gasteiger partial charge in [-0.3, -0.25) is 0 Å². The maximum Gasteiger partial charge on any atom is 0.248 e. The van der Waals surface area contributed by atoms with E-state index in [1.54, 1.807) is 13.8 Å². The molecule has 1 fully saturated rings. The van der Waals surface area contributed by atoms with E-state index in [4.69, 9.17) is 10.5 Å². The molecule has 1 aromatic rings. The van der Waals surface area contributed by atoms with Crippen molar-refractivity contribution in [2.75, 3.05) is 18.8 Å². The molecule has 1 saturated heterocycles. The third-order valence-electron chi connectivity index (χ3n) is 2.98. The van der Waals surface area contributed by atoms with Crippen LogP contribution in [0.4, 0.5) is 10.1 Å². The first-order chi connectivity index (χ1) is 8.82. The summed E-state index contributed by atoms with van der Waals surface area (Å²) in [7, 11) is -3.94. The average Bonchev–Trinajstić information content (AvgIpc) is 2.26. The Kier molecular flexibility index (Phi) is 3.80. The molecule has 1 heterocycles. The summed E-state index contributed by atoms with van der Waals surface area (Å²) in [6.07, 6.45) is -0.460. The number of ether oxygens (including phenoxy) is 1. The maximum absolute atomic E-state index is 13.8. The van der Waals surface area contributed by atoms with Gasteiger partial charge in [0.2, 0.25) is 10.0 Å². The highest BCUT2D eigenvalue weighted by molar-refractivity contribution is 7.89. The molecule has 2 atom stereocenters. The normalized spacial score (nSPS) is 25.4. The Bertz CT molecular complexity index is 546. The van der Waals surface area contributed by atoms with Crippen LogP contribution < -0.4 is 5.73 Å². The van der Waals surface area contributed by atoms with Crippen LogP contribution in [0, 0.1) is 5.82 Å². The monoisotopic (exact) mass is 288 g/mol. The second-order valence-electron chi connectivity index (χ2n) is 4.74. The molecule has 5 nitrogen and oxygen atoms in total. The number of anilines is 1. The fraction of sp³-hybridized carbons (Fsp3) is 0.500. The van der Waals surface area contributed by atoms with Gasteiger partial charge in [-0.25, -0.2) is 12.8 Å². The number of nitrogens with zero attached hydrogens (tertiary/aromatic N) is 1. The van der Waals surface area contributed by atoms with Crippen molar-refractivity contribution >= 4 is 15.7 Å². The third-order valence-corrected chi connectivity index (χ3v) is 4.91. The lowest BCUT2D eigenvalue weighted by Gasteiger charge is -2.34. The molecule has 0 unspecified atom stereocenters. The standard InChI is InChI=1S/C12H17FN2O3S/c1-8-6-15(7-9(2)18-8)19(16,17)12-10(13)4-3-5-11(12)14/h3-5,8-9H,6-7,14H2,1-2H3/t8-,9+. The molecular weight excluding hydrogens is 271 g/mol. The molecule has 0 bridgehead atoms. The van der Waals surface area contributed by atoms with Crippen LogP contribution in [-0.4, -0.2) is 38.0 Å². The largest absolute Gasteiger partial charge is 0.398 e. The molecule has 1 aliphatic heterocycles. The van der Waals surface area contributed by atoms with Crippen LogP contribution in [0.5, 0.6) is 0 Å². The zero-order valence-electron chi connectivity index (χ0n) is 10.8. The van der Waals surface area contributed by atoms with Gasteiger partial charge in [0, 0.05) is 13.1 Å². The number of hydrogen-bond donors (Lipinski definition) is 1. The number of nitrogens with two attached hydrogens (primary N) is 1. The lowest BCUT2D eigenvalue weighted by molar-refractivity contribution is -0.0441. The van der Waals surface area contributed by atoms with Crippen molar-refractivity contribution in [3.8, 4) is 0 Å². The average molecular weight is 288 g/mol. The van der Waals surface area contributed by atoms with E-state index in [1.807, 2.05) is 0 Å². The van der Waals surface area contributed by atoms with Crippen LogP contribution in [0.25, 0.3) is 0 Å². The Hall–Kier alpha value is -1.18. The van der Waals surface area contributed by atoms with E-state index in [0.717, 1.165) is 6.07 Å². The fourth-order valence-electron chi connectivity index (χ4n) is 2.25. The van der Waals surface area contributed by atoms with Crippen LogP contribution in [0.3, 0.4) is 0 Å². The maximum atomic E-state index is 13.8. The Labute approximate surface area is 112 Å². The molecule has 0 aliphatic carbocycles. The van der Waals surface area contributed by atoms with Gasteiger partial charge in [-0.2, -0.15) is 4.31 Å². The first-order valence-corrected chi connectivity index (χ1v) is 7.46. The second-order valence-corrected chi connectivity index (χ2v) is 6.61. The summed E-state index contributed by atoms with van der Waals surface area (Å²) < 4.78 is 45.4. The molecule has 0 aromatic heterocycles. The first kappa shape index (κ1) is 14.2. The van der Waals surface area contributed by atoms with Gasteiger partial charge in [0.1, 0.15) is 10.7 Å². The Morgan fingerprint density at radius 3 is 2.42 bits per heavy atom. The molecule has 0 saturated carbocycles. The third kappa shape index (κ3) is 2.72. The highest BCUT2D eigenvalue weighted by Crippen LogP contribution is 2.27. The second kappa shape index (κ2) is 5.07.